The largest absolute Gasteiger partial charge is 0.483 e. The predicted octanol–water partition coefficient (Wildman–Crippen LogP) is 3.31. The maximum Gasteiger partial charge on any atom is 0.262 e. The van der Waals surface area contributed by atoms with Crippen LogP contribution in [0, 0.1) is 12.8 Å². The van der Waals surface area contributed by atoms with Crippen LogP contribution < -0.4 is 10.1 Å². The highest BCUT2D eigenvalue weighted by Crippen LogP contribution is 2.33. The number of carbonyl (C=O) groups is 2. The molecule has 1 N–H and O–H groups in total. The van der Waals surface area contributed by atoms with E-state index >= 15 is 0 Å². The topological polar surface area (TPSA) is 58.6 Å². The minimum Gasteiger partial charge on any atom is -0.483 e. The lowest BCUT2D eigenvalue weighted by Crippen LogP contribution is -2.36. The molecule has 2 amide bonds. The van der Waals surface area contributed by atoms with Crippen molar-refractivity contribution in [2.24, 2.45) is 5.92 Å². The summed E-state index contributed by atoms with van der Waals surface area (Å²) >= 11 is 0. The summed E-state index contributed by atoms with van der Waals surface area (Å²) in [5, 5.41) is 2.89. The number of rotatable bonds is 5. The first-order valence-electron chi connectivity index (χ1n) is 9.49. The molecule has 1 aliphatic heterocycles. The first kappa shape index (κ1) is 17.6. The number of nitrogens with zero attached hydrogens (tertiary/aromatic N) is 1. The van der Waals surface area contributed by atoms with Crippen molar-refractivity contribution in [3.05, 3.63) is 59.2 Å². The van der Waals surface area contributed by atoms with E-state index in [2.05, 4.69) is 5.32 Å². The van der Waals surface area contributed by atoms with Crippen LogP contribution in [0.3, 0.4) is 0 Å². The molecule has 0 saturated heterocycles. The van der Waals surface area contributed by atoms with E-state index in [1.54, 1.807) is 0 Å². The lowest BCUT2D eigenvalue weighted by Gasteiger charge is -2.29. The number of hydrogen-bond donors (Lipinski definition) is 1. The Morgan fingerprint density at radius 3 is 2.74 bits per heavy atom. The Labute approximate surface area is 159 Å². The highest BCUT2D eigenvalue weighted by atomic mass is 16.5. The molecule has 140 valence electrons. The lowest BCUT2D eigenvalue weighted by atomic mass is 9.98. The van der Waals surface area contributed by atoms with Crippen LogP contribution in [0.1, 0.15) is 29.5 Å². The molecule has 2 aromatic rings. The minimum absolute atomic E-state index is 0.0335. The van der Waals surface area contributed by atoms with Gasteiger partial charge in [0.05, 0.1) is 0 Å². The van der Waals surface area contributed by atoms with Crippen molar-refractivity contribution < 1.29 is 14.3 Å². The predicted molar refractivity (Wildman–Crippen MR) is 104 cm³/mol. The van der Waals surface area contributed by atoms with Crippen LogP contribution in [0.2, 0.25) is 0 Å². The zero-order valence-corrected chi connectivity index (χ0v) is 15.5. The molecule has 0 aromatic heterocycles. The number of hydrogen-bond acceptors (Lipinski definition) is 3. The molecule has 1 aliphatic carbocycles. The molecular weight excluding hydrogens is 340 g/mol. The Morgan fingerprint density at radius 2 is 1.96 bits per heavy atom. The summed E-state index contributed by atoms with van der Waals surface area (Å²) in [6.45, 7) is 3.34. The van der Waals surface area contributed by atoms with E-state index in [-0.39, 0.29) is 24.3 Å². The Morgan fingerprint density at radius 1 is 1.15 bits per heavy atom. The molecule has 0 spiro atoms. The zero-order valence-electron chi connectivity index (χ0n) is 15.5. The number of benzene rings is 2. The van der Waals surface area contributed by atoms with E-state index in [1.165, 1.54) is 5.56 Å². The van der Waals surface area contributed by atoms with Gasteiger partial charge in [-0.25, -0.2) is 0 Å². The average Bonchev–Trinajstić information content (AvgIpc) is 3.51. The smallest absolute Gasteiger partial charge is 0.262 e. The normalized spacial score (nSPS) is 15.8. The maximum absolute atomic E-state index is 12.3. The lowest BCUT2D eigenvalue weighted by molar-refractivity contribution is -0.133. The van der Waals surface area contributed by atoms with Crippen molar-refractivity contribution >= 4 is 17.5 Å². The van der Waals surface area contributed by atoms with Gasteiger partial charge in [-0.05, 0) is 61.1 Å². The van der Waals surface area contributed by atoms with Crippen LogP contribution in [0.5, 0.6) is 5.75 Å². The molecule has 0 bridgehead atoms. The molecule has 0 unspecified atom stereocenters. The third kappa shape index (κ3) is 4.13. The Kier molecular flexibility index (Phi) is 4.84. The molecule has 5 heteroatoms. The van der Waals surface area contributed by atoms with Gasteiger partial charge in [-0.2, -0.15) is 0 Å². The molecule has 1 saturated carbocycles. The number of ether oxygens (including phenoxy) is 1. The maximum atomic E-state index is 12.3. The van der Waals surface area contributed by atoms with Crippen molar-refractivity contribution in [3.8, 4) is 5.75 Å². The van der Waals surface area contributed by atoms with Crippen LogP contribution in [0.4, 0.5) is 5.69 Å². The molecule has 2 aliphatic rings. The van der Waals surface area contributed by atoms with Crippen LogP contribution in [-0.4, -0.2) is 29.9 Å². The third-order valence-corrected chi connectivity index (χ3v) is 5.19. The highest BCUT2D eigenvalue weighted by molar-refractivity contribution is 5.92. The first-order chi connectivity index (χ1) is 13.1. The van der Waals surface area contributed by atoms with Gasteiger partial charge in [-0.15, -0.1) is 0 Å². The molecule has 4 rings (SSSR count). The van der Waals surface area contributed by atoms with Gasteiger partial charge in [0.25, 0.3) is 5.91 Å². The summed E-state index contributed by atoms with van der Waals surface area (Å²) in [6, 6.07) is 13.6. The van der Waals surface area contributed by atoms with Gasteiger partial charge in [0.2, 0.25) is 5.91 Å². The van der Waals surface area contributed by atoms with E-state index in [0.29, 0.717) is 12.3 Å². The van der Waals surface area contributed by atoms with Gasteiger partial charge in [0.15, 0.2) is 6.61 Å². The Balaban J connectivity index is 1.37. The van der Waals surface area contributed by atoms with Gasteiger partial charge in [0, 0.05) is 24.7 Å². The second-order valence-corrected chi connectivity index (χ2v) is 7.37. The molecule has 1 fully saturated rings. The summed E-state index contributed by atoms with van der Waals surface area (Å²) < 4.78 is 5.60. The number of anilines is 1. The van der Waals surface area contributed by atoms with E-state index in [0.717, 1.165) is 42.6 Å². The number of nitrogens with one attached hydrogen (secondary N) is 1. The molecule has 0 atom stereocenters. The average molecular weight is 364 g/mol. The summed E-state index contributed by atoms with van der Waals surface area (Å²) in [4.78, 5) is 26.5. The summed E-state index contributed by atoms with van der Waals surface area (Å²) in [5.41, 5.74) is 4.12. The van der Waals surface area contributed by atoms with E-state index < -0.39 is 0 Å². The first-order valence-corrected chi connectivity index (χ1v) is 9.49. The van der Waals surface area contributed by atoms with Crippen molar-refractivity contribution in [1.82, 2.24) is 4.90 Å². The van der Waals surface area contributed by atoms with Crippen LogP contribution in [0.15, 0.2) is 42.5 Å². The SMILES string of the molecule is Cc1ccccc1OCC(=O)Nc1ccc2c(c1)CN(C(=O)C1CC1)CC2. The van der Waals surface area contributed by atoms with Crippen LogP contribution >= 0.6 is 0 Å². The zero-order chi connectivity index (χ0) is 18.8. The number of amides is 2. The van der Waals surface area contributed by atoms with Crippen LogP contribution in [-0.2, 0) is 22.6 Å². The molecule has 5 nitrogen and oxygen atoms in total. The van der Waals surface area contributed by atoms with Crippen molar-refractivity contribution in [2.45, 2.75) is 32.7 Å². The molecule has 2 aromatic carbocycles. The molecular formula is C22H24N2O3. The van der Waals surface area contributed by atoms with Gasteiger partial charge in [0.1, 0.15) is 5.75 Å². The fourth-order valence-electron chi connectivity index (χ4n) is 3.47. The van der Waals surface area contributed by atoms with Crippen LogP contribution in [0.25, 0.3) is 0 Å². The standard InChI is InChI=1S/C22H24N2O3/c1-15-4-2-3-5-20(15)27-14-21(25)23-19-9-8-16-10-11-24(13-18(16)12-19)22(26)17-6-7-17/h2-5,8-9,12,17H,6-7,10-11,13-14H2,1H3,(H,23,25). The van der Waals surface area contributed by atoms with E-state index in [1.807, 2.05) is 54.3 Å². The highest BCUT2D eigenvalue weighted by Gasteiger charge is 2.34. The van der Waals surface area contributed by atoms with E-state index in [4.69, 9.17) is 4.74 Å². The number of para-hydroxylation sites is 1. The number of aryl methyl sites for hydroxylation is 1. The number of fused-ring (bicyclic) bond motifs is 1. The van der Waals surface area contributed by atoms with Gasteiger partial charge in [-0.3, -0.25) is 9.59 Å². The number of carbonyl (C=O) groups excluding carboxylic acids is 2. The second kappa shape index (κ2) is 7.43. The van der Waals surface area contributed by atoms with Crippen molar-refractivity contribution in [3.63, 3.8) is 0 Å². The van der Waals surface area contributed by atoms with Crippen molar-refractivity contribution in [2.75, 3.05) is 18.5 Å². The summed E-state index contributed by atoms with van der Waals surface area (Å²) in [5.74, 6) is 1.04. The summed E-state index contributed by atoms with van der Waals surface area (Å²) in [7, 11) is 0. The Hall–Kier alpha value is -2.82. The van der Waals surface area contributed by atoms with E-state index in [9.17, 15) is 9.59 Å². The fraction of sp³-hybridized carbons (Fsp3) is 0.364. The third-order valence-electron chi connectivity index (χ3n) is 5.19. The van der Waals surface area contributed by atoms with Gasteiger partial charge >= 0.3 is 0 Å². The minimum atomic E-state index is -0.195. The fourth-order valence-corrected chi connectivity index (χ4v) is 3.47. The monoisotopic (exact) mass is 364 g/mol. The van der Waals surface area contributed by atoms with Crippen molar-refractivity contribution in [1.29, 1.82) is 0 Å². The molecule has 27 heavy (non-hydrogen) atoms. The molecule has 1 heterocycles. The second-order valence-electron chi connectivity index (χ2n) is 7.37. The quantitative estimate of drug-likeness (QED) is 0.886. The molecule has 0 radical (unpaired) electrons. The summed E-state index contributed by atoms with van der Waals surface area (Å²) in [6.07, 6.45) is 2.93. The Bertz CT molecular complexity index is 874. The van der Waals surface area contributed by atoms with Gasteiger partial charge < -0.3 is 15.0 Å². The van der Waals surface area contributed by atoms with Gasteiger partial charge in [-0.1, -0.05) is 24.3 Å².